The lowest BCUT2D eigenvalue weighted by Gasteiger charge is -2.36. The van der Waals surface area contributed by atoms with Crippen LogP contribution in [0.1, 0.15) is 37.1 Å². The summed E-state index contributed by atoms with van der Waals surface area (Å²) in [6.45, 7) is 10.9. The van der Waals surface area contributed by atoms with Crippen LogP contribution in [0.5, 0.6) is 0 Å². The van der Waals surface area contributed by atoms with Gasteiger partial charge in [-0.2, -0.15) is 0 Å². The molecule has 0 aromatic carbocycles. The van der Waals surface area contributed by atoms with Gasteiger partial charge in [0, 0.05) is 43.5 Å². The maximum absolute atomic E-state index is 13.4. The number of thiophene rings is 1. The van der Waals surface area contributed by atoms with Crippen LogP contribution in [0, 0.1) is 5.92 Å². The van der Waals surface area contributed by atoms with Crippen LogP contribution in [0.15, 0.2) is 17.4 Å². The number of hydrogen-bond acceptors (Lipinski definition) is 5. The summed E-state index contributed by atoms with van der Waals surface area (Å²) in [7, 11) is 0. The number of amides is 1. The normalized spacial score (nSPS) is 17.2. The molecule has 1 aliphatic carbocycles. The molecule has 0 atom stereocenters. The first-order valence-electron chi connectivity index (χ1n) is 10.2. The fourth-order valence-corrected chi connectivity index (χ4v) is 5.50. The lowest BCUT2D eigenvalue weighted by molar-refractivity contribution is -0.134. The maximum Gasteiger partial charge on any atom is 0.264 e. The van der Waals surface area contributed by atoms with Gasteiger partial charge >= 0.3 is 0 Å². The van der Waals surface area contributed by atoms with Crippen LogP contribution in [0.3, 0.4) is 0 Å². The second-order valence-corrected chi connectivity index (χ2v) is 9.06. The number of carbonyl (C=O) groups is 1. The fraction of sp³-hybridized carbons (Fsp3) is 0.571. The molecule has 28 heavy (non-hydrogen) atoms. The molecule has 2 aliphatic rings. The smallest absolute Gasteiger partial charge is 0.264 e. The third kappa shape index (κ3) is 3.26. The number of aryl methyl sites for hydroxylation is 2. The number of nitrogens with zero attached hydrogens (tertiary/aromatic N) is 4. The molecule has 0 saturated carbocycles. The summed E-state index contributed by atoms with van der Waals surface area (Å²) < 4.78 is 1.76. The van der Waals surface area contributed by atoms with Gasteiger partial charge in [-0.05, 0) is 31.2 Å². The van der Waals surface area contributed by atoms with Gasteiger partial charge in [0.25, 0.3) is 5.56 Å². The quantitative estimate of drug-likeness (QED) is 0.741. The molecular formula is C21H28N4O2S. The van der Waals surface area contributed by atoms with E-state index in [1.54, 1.807) is 22.0 Å². The summed E-state index contributed by atoms with van der Waals surface area (Å²) in [5.41, 5.74) is 1.28. The summed E-state index contributed by atoms with van der Waals surface area (Å²) in [5, 5.41) is 0.818. The second-order valence-electron chi connectivity index (χ2n) is 7.97. The molecule has 0 unspecified atom stereocenters. The summed E-state index contributed by atoms with van der Waals surface area (Å²) in [5.74, 6) is 0.919. The van der Waals surface area contributed by atoms with E-state index < -0.39 is 0 Å². The molecule has 1 fully saturated rings. The van der Waals surface area contributed by atoms with Crippen LogP contribution < -0.4 is 10.5 Å². The second kappa shape index (κ2) is 7.70. The SMILES string of the molecule is C=CCn1c(N2CCN(C(=O)C(C)C)CC2)nc2sc3c(c2c1=O)CCCC3. The Hall–Kier alpha value is -2.15. The Morgan fingerprint density at radius 2 is 1.93 bits per heavy atom. The minimum absolute atomic E-state index is 0.0115. The van der Waals surface area contributed by atoms with E-state index in [0.717, 1.165) is 29.5 Å². The zero-order valence-corrected chi connectivity index (χ0v) is 17.6. The molecule has 0 radical (unpaired) electrons. The minimum atomic E-state index is 0.0115. The molecule has 4 rings (SSSR count). The van der Waals surface area contributed by atoms with Crippen molar-refractivity contribution < 1.29 is 4.79 Å². The van der Waals surface area contributed by atoms with Crippen molar-refractivity contribution in [3.05, 3.63) is 33.4 Å². The van der Waals surface area contributed by atoms with E-state index in [0.29, 0.717) is 38.7 Å². The van der Waals surface area contributed by atoms with Crippen LogP contribution >= 0.6 is 11.3 Å². The number of fused-ring (bicyclic) bond motifs is 3. The van der Waals surface area contributed by atoms with E-state index in [4.69, 9.17) is 4.98 Å². The summed E-state index contributed by atoms with van der Waals surface area (Å²) in [6.07, 6.45) is 6.14. The zero-order chi connectivity index (χ0) is 19.8. The van der Waals surface area contributed by atoms with E-state index in [-0.39, 0.29) is 17.4 Å². The van der Waals surface area contributed by atoms with Gasteiger partial charge in [0.1, 0.15) is 4.83 Å². The van der Waals surface area contributed by atoms with E-state index in [9.17, 15) is 9.59 Å². The highest BCUT2D eigenvalue weighted by molar-refractivity contribution is 7.18. The highest BCUT2D eigenvalue weighted by Gasteiger charge is 2.27. The largest absolute Gasteiger partial charge is 0.339 e. The monoisotopic (exact) mass is 400 g/mol. The first-order chi connectivity index (χ1) is 13.5. The molecule has 1 saturated heterocycles. The summed E-state index contributed by atoms with van der Waals surface area (Å²) >= 11 is 1.69. The number of piperazine rings is 1. The number of allylic oxidation sites excluding steroid dienone is 1. The number of carbonyl (C=O) groups excluding carboxylic acids is 1. The molecule has 150 valence electrons. The van der Waals surface area contributed by atoms with Crippen LogP contribution in [0.2, 0.25) is 0 Å². The highest BCUT2D eigenvalue weighted by Crippen LogP contribution is 2.34. The molecular weight excluding hydrogens is 372 g/mol. The predicted molar refractivity (Wildman–Crippen MR) is 114 cm³/mol. The van der Waals surface area contributed by atoms with Crippen molar-refractivity contribution in [2.45, 2.75) is 46.1 Å². The van der Waals surface area contributed by atoms with Gasteiger partial charge in [-0.1, -0.05) is 19.9 Å². The van der Waals surface area contributed by atoms with Crippen molar-refractivity contribution in [3.63, 3.8) is 0 Å². The molecule has 6 nitrogen and oxygen atoms in total. The van der Waals surface area contributed by atoms with Crippen molar-refractivity contribution in [2.75, 3.05) is 31.1 Å². The van der Waals surface area contributed by atoms with Gasteiger partial charge in [-0.15, -0.1) is 17.9 Å². The molecule has 3 heterocycles. The van der Waals surface area contributed by atoms with Crippen molar-refractivity contribution >= 4 is 33.4 Å². The molecule has 1 amide bonds. The Morgan fingerprint density at radius 3 is 2.61 bits per heavy atom. The lowest BCUT2D eigenvalue weighted by atomic mass is 9.97. The molecule has 2 aromatic rings. The zero-order valence-electron chi connectivity index (χ0n) is 16.7. The predicted octanol–water partition coefficient (Wildman–Crippen LogP) is 2.83. The van der Waals surface area contributed by atoms with Crippen LogP contribution in [-0.2, 0) is 24.2 Å². The molecule has 2 aromatic heterocycles. The molecule has 0 bridgehead atoms. The van der Waals surface area contributed by atoms with E-state index in [1.165, 1.54) is 16.9 Å². The third-order valence-corrected chi connectivity index (χ3v) is 6.92. The van der Waals surface area contributed by atoms with Gasteiger partial charge in [0.15, 0.2) is 0 Å². The minimum Gasteiger partial charge on any atom is -0.339 e. The molecule has 0 N–H and O–H groups in total. The Bertz CT molecular complexity index is 967. The first-order valence-corrected chi connectivity index (χ1v) is 11.0. The Labute approximate surface area is 169 Å². The average Bonchev–Trinajstić information content (AvgIpc) is 3.08. The Morgan fingerprint density at radius 1 is 1.21 bits per heavy atom. The standard InChI is InChI=1S/C21H28N4O2S/c1-4-9-25-20(27)17-15-7-5-6-8-16(15)28-18(17)22-21(25)24-12-10-23(11-13-24)19(26)14(2)3/h4,14H,1,5-13H2,2-3H3. The van der Waals surface area contributed by atoms with E-state index in [2.05, 4.69) is 11.5 Å². The van der Waals surface area contributed by atoms with Gasteiger partial charge in [0.2, 0.25) is 11.9 Å². The van der Waals surface area contributed by atoms with E-state index in [1.807, 2.05) is 18.7 Å². The third-order valence-electron chi connectivity index (χ3n) is 5.73. The Balaban J connectivity index is 1.71. The average molecular weight is 401 g/mol. The van der Waals surface area contributed by atoms with Crippen LogP contribution in [0.25, 0.3) is 10.2 Å². The van der Waals surface area contributed by atoms with Crippen molar-refractivity contribution in [2.24, 2.45) is 5.92 Å². The summed E-state index contributed by atoms with van der Waals surface area (Å²) in [4.78, 5) is 36.9. The first kappa shape index (κ1) is 19.2. The van der Waals surface area contributed by atoms with Gasteiger partial charge in [-0.3, -0.25) is 14.2 Å². The van der Waals surface area contributed by atoms with Gasteiger partial charge in [0.05, 0.1) is 5.39 Å². The fourth-order valence-electron chi connectivity index (χ4n) is 4.25. The van der Waals surface area contributed by atoms with E-state index >= 15 is 0 Å². The molecule has 7 heteroatoms. The number of anilines is 1. The summed E-state index contributed by atoms with van der Waals surface area (Å²) in [6, 6.07) is 0. The molecule has 1 aliphatic heterocycles. The lowest BCUT2D eigenvalue weighted by Crippen LogP contribution is -2.51. The van der Waals surface area contributed by atoms with Crippen molar-refractivity contribution in [3.8, 4) is 0 Å². The maximum atomic E-state index is 13.4. The van der Waals surface area contributed by atoms with Crippen molar-refractivity contribution in [1.29, 1.82) is 0 Å². The van der Waals surface area contributed by atoms with Crippen LogP contribution in [0.4, 0.5) is 5.95 Å². The Kier molecular flexibility index (Phi) is 5.27. The van der Waals surface area contributed by atoms with Crippen molar-refractivity contribution in [1.82, 2.24) is 14.5 Å². The van der Waals surface area contributed by atoms with Gasteiger partial charge in [-0.25, -0.2) is 4.98 Å². The van der Waals surface area contributed by atoms with Gasteiger partial charge < -0.3 is 9.80 Å². The number of aromatic nitrogens is 2. The van der Waals surface area contributed by atoms with Crippen LogP contribution in [-0.4, -0.2) is 46.5 Å². The number of hydrogen-bond donors (Lipinski definition) is 0. The topological polar surface area (TPSA) is 58.4 Å². The highest BCUT2D eigenvalue weighted by atomic mass is 32.1. The molecule has 0 spiro atoms. The number of rotatable bonds is 4.